The van der Waals surface area contributed by atoms with Gasteiger partial charge in [-0.3, -0.25) is 4.79 Å². The van der Waals surface area contributed by atoms with Crippen LogP contribution in [0.15, 0.2) is 66.8 Å². The van der Waals surface area contributed by atoms with Crippen molar-refractivity contribution in [1.82, 2.24) is 15.1 Å². The zero-order valence-electron chi connectivity index (χ0n) is 13.8. The summed E-state index contributed by atoms with van der Waals surface area (Å²) in [5.41, 5.74) is 0.749. The molecule has 8 heteroatoms. The van der Waals surface area contributed by atoms with Gasteiger partial charge in [-0.1, -0.05) is 18.2 Å². The van der Waals surface area contributed by atoms with Gasteiger partial charge in [0.1, 0.15) is 17.9 Å². The fourth-order valence-corrected chi connectivity index (χ4v) is 2.62. The lowest BCUT2D eigenvalue weighted by atomic mass is 10.2. The largest absolute Gasteiger partial charge is 0.459 e. The molecule has 132 valence electrons. The number of aromatic nitrogens is 2. The molecule has 3 aromatic heterocycles. The Morgan fingerprint density at radius 3 is 2.85 bits per heavy atom. The standard InChI is InChI=1S/C18H15N3O5/c1-11(15-9-12-5-2-3-6-13(12)25-15)19-16(22)10-21-18(23)26-17(20-21)14-7-4-8-24-14/h2-9,11H,10H2,1H3,(H,19,22). The van der Waals surface area contributed by atoms with Gasteiger partial charge in [-0.15, -0.1) is 5.10 Å². The van der Waals surface area contributed by atoms with Gasteiger partial charge in [0.05, 0.1) is 12.3 Å². The average Bonchev–Trinajstić information content (AvgIpc) is 3.34. The highest BCUT2D eigenvalue weighted by molar-refractivity contribution is 5.79. The van der Waals surface area contributed by atoms with E-state index in [0.717, 1.165) is 15.7 Å². The monoisotopic (exact) mass is 353 g/mol. The number of hydrogen-bond donors (Lipinski definition) is 1. The van der Waals surface area contributed by atoms with E-state index < -0.39 is 5.76 Å². The summed E-state index contributed by atoms with van der Waals surface area (Å²) >= 11 is 0. The van der Waals surface area contributed by atoms with E-state index in [9.17, 15) is 9.59 Å². The predicted octanol–water partition coefficient (Wildman–Crippen LogP) is 2.72. The Kier molecular flexibility index (Phi) is 3.92. The van der Waals surface area contributed by atoms with Gasteiger partial charge in [0, 0.05) is 5.39 Å². The summed E-state index contributed by atoms with van der Waals surface area (Å²) in [5.74, 6) is -0.152. The molecule has 26 heavy (non-hydrogen) atoms. The number of amides is 1. The molecule has 1 N–H and O–H groups in total. The van der Waals surface area contributed by atoms with Crippen LogP contribution in [-0.4, -0.2) is 15.7 Å². The lowest BCUT2D eigenvalue weighted by molar-refractivity contribution is -0.122. The van der Waals surface area contributed by atoms with Crippen LogP contribution in [0.5, 0.6) is 0 Å². The average molecular weight is 353 g/mol. The lowest BCUT2D eigenvalue weighted by Crippen LogP contribution is -2.33. The Hall–Kier alpha value is -3.55. The van der Waals surface area contributed by atoms with Gasteiger partial charge in [0.15, 0.2) is 5.76 Å². The number of nitrogens with one attached hydrogen (secondary N) is 1. The molecule has 0 radical (unpaired) electrons. The van der Waals surface area contributed by atoms with Crippen molar-refractivity contribution in [2.75, 3.05) is 0 Å². The highest BCUT2D eigenvalue weighted by Crippen LogP contribution is 2.23. The van der Waals surface area contributed by atoms with Crippen molar-refractivity contribution in [1.29, 1.82) is 0 Å². The molecular formula is C18H15N3O5. The zero-order chi connectivity index (χ0) is 18.1. The van der Waals surface area contributed by atoms with Crippen LogP contribution >= 0.6 is 0 Å². The maximum atomic E-state index is 12.2. The molecule has 8 nitrogen and oxygen atoms in total. The Morgan fingerprint density at radius 1 is 1.23 bits per heavy atom. The van der Waals surface area contributed by atoms with Crippen molar-refractivity contribution in [3.63, 3.8) is 0 Å². The molecule has 1 atom stereocenters. The highest BCUT2D eigenvalue weighted by Gasteiger charge is 2.18. The maximum Gasteiger partial charge on any atom is 0.437 e. The Balaban J connectivity index is 1.46. The highest BCUT2D eigenvalue weighted by atomic mass is 16.4. The molecule has 4 rings (SSSR count). The number of carbonyl (C=O) groups excluding carboxylic acids is 1. The Labute approximate surface area is 147 Å². The fourth-order valence-electron chi connectivity index (χ4n) is 2.62. The molecule has 1 unspecified atom stereocenters. The third kappa shape index (κ3) is 3.04. The smallest absolute Gasteiger partial charge is 0.437 e. The van der Waals surface area contributed by atoms with E-state index in [2.05, 4.69) is 10.4 Å². The Morgan fingerprint density at radius 2 is 2.08 bits per heavy atom. The van der Waals surface area contributed by atoms with Crippen LogP contribution < -0.4 is 11.1 Å². The van der Waals surface area contributed by atoms with Crippen molar-refractivity contribution < 1.29 is 18.0 Å². The van der Waals surface area contributed by atoms with Gasteiger partial charge in [0.25, 0.3) is 5.89 Å². The minimum atomic E-state index is -0.733. The van der Waals surface area contributed by atoms with E-state index in [1.807, 2.05) is 30.3 Å². The number of carbonyl (C=O) groups is 1. The van der Waals surface area contributed by atoms with Crippen LogP contribution in [0.25, 0.3) is 22.6 Å². The second-order valence-corrected chi connectivity index (χ2v) is 5.78. The molecule has 0 aliphatic carbocycles. The van der Waals surface area contributed by atoms with Crippen LogP contribution in [0, 0.1) is 0 Å². The SMILES string of the molecule is CC(NC(=O)Cn1nc(-c2ccco2)oc1=O)c1cc2ccccc2o1. The first-order chi connectivity index (χ1) is 12.6. The van der Waals surface area contributed by atoms with Crippen LogP contribution in [0.1, 0.15) is 18.7 Å². The molecule has 0 fully saturated rings. The van der Waals surface area contributed by atoms with Crippen LogP contribution in [0.2, 0.25) is 0 Å². The van der Waals surface area contributed by atoms with E-state index in [1.165, 1.54) is 6.26 Å². The Bertz CT molecular complexity index is 1070. The predicted molar refractivity (Wildman–Crippen MR) is 91.2 cm³/mol. The second-order valence-electron chi connectivity index (χ2n) is 5.78. The second kappa shape index (κ2) is 6.40. The van der Waals surface area contributed by atoms with Gasteiger partial charge >= 0.3 is 5.76 Å². The minimum Gasteiger partial charge on any atom is -0.459 e. The summed E-state index contributed by atoms with van der Waals surface area (Å²) in [5, 5.41) is 7.70. The summed E-state index contributed by atoms with van der Waals surface area (Å²) in [6.07, 6.45) is 1.44. The van der Waals surface area contributed by atoms with Crippen molar-refractivity contribution in [2.45, 2.75) is 19.5 Å². The van der Waals surface area contributed by atoms with Gasteiger partial charge in [-0.05, 0) is 31.2 Å². The maximum absolute atomic E-state index is 12.2. The van der Waals surface area contributed by atoms with Crippen molar-refractivity contribution in [3.8, 4) is 11.7 Å². The molecule has 0 spiro atoms. The summed E-state index contributed by atoms with van der Waals surface area (Å²) in [6, 6.07) is 12.4. The quantitative estimate of drug-likeness (QED) is 0.592. The zero-order valence-corrected chi connectivity index (χ0v) is 13.8. The molecule has 0 aliphatic rings. The molecular weight excluding hydrogens is 338 g/mol. The summed E-state index contributed by atoms with van der Waals surface area (Å²) in [7, 11) is 0. The van der Waals surface area contributed by atoms with Crippen molar-refractivity contribution in [2.24, 2.45) is 0 Å². The number of fused-ring (bicyclic) bond motifs is 1. The number of para-hydroxylation sites is 1. The molecule has 0 aliphatic heterocycles. The summed E-state index contributed by atoms with van der Waals surface area (Å²) in [4.78, 5) is 24.1. The van der Waals surface area contributed by atoms with E-state index in [1.54, 1.807) is 19.1 Å². The van der Waals surface area contributed by atoms with E-state index in [4.69, 9.17) is 13.3 Å². The molecule has 0 saturated carbocycles. The van der Waals surface area contributed by atoms with Gasteiger partial charge < -0.3 is 18.6 Å². The van der Waals surface area contributed by atoms with E-state index >= 15 is 0 Å². The number of rotatable bonds is 5. The van der Waals surface area contributed by atoms with Crippen LogP contribution in [0.3, 0.4) is 0 Å². The molecule has 4 aromatic rings. The molecule has 1 aromatic carbocycles. The summed E-state index contributed by atoms with van der Waals surface area (Å²) < 4.78 is 16.8. The molecule has 1 amide bonds. The first kappa shape index (κ1) is 15.9. The first-order valence-corrected chi connectivity index (χ1v) is 8.00. The lowest BCUT2D eigenvalue weighted by Gasteiger charge is -2.10. The van der Waals surface area contributed by atoms with E-state index in [0.29, 0.717) is 11.5 Å². The third-order valence-electron chi connectivity index (χ3n) is 3.88. The van der Waals surface area contributed by atoms with Crippen molar-refractivity contribution in [3.05, 3.63) is 65.0 Å². The molecule has 0 saturated heterocycles. The number of nitrogens with zero attached hydrogens (tertiary/aromatic N) is 2. The summed E-state index contributed by atoms with van der Waals surface area (Å²) in [6.45, 7) is 1.53. The van der Waals surface area contributed by atoms with Gasteiger partial charge in [0.2, 0.25) is 5.91 Å². The van der Waals surface area contributed by atoms with Gasteiger partial charge in [-0.25, -0.2) is 4.79 Å². The minimum absolute atomic E-state index is 0.0260. The normalized spacial score (nSPS) is 12.3. The topological polar surface area (TPSA) is 103 Å². The number of hydrogen-bond acceptors (Lipinski definition) is 6. The van der Waals surface area contributed by atoms with E-state index in [-0.39, 0.29) is 24.4 Å². The van der Waals surface area contributed by atoms with Crippen LogP contribution in [-0.2, 0) is 11.3 Å². The molecule has 0 bridgehead atoms. The first-order valence-electron chi connectivity index (χ1n) is 8.00. The number of furan rings is 2. The number of benzene rings is 1. The fraction of sp³-hybridized carbons (Fsp3) is 0.167. The van der Waals surface area contributed by atoms with Crippen molar-refractivity contribution >= 4 is 16.9 Å². The van der Waals surface area contributed by atoms with Gasteiger partial charge in [-0.2, -0.15) is 4.68 Å². The third-order valence-corrected chi connectivity index (χ3v) is 3.88. The molecule has 3 heterocycles. The van der Waals surface area contributed by atoms with Crippen LogP contribution in [0.4, 0.5) is 0 Å².